The van der Waals surface area contributed by atoms with Gasteiger partial charge >= 0.3 is 48.3 Å². The molecule has 0 aliphatic carbocycles. The number of β-lactam (4-membered cyclic amide) rings is 7. The molecule has 3 N–H and O–H groups in total. The van der Waals surface area contributed by atoms with Crippen molar-refractivity contribution in [2.75, 3.05) is 110 Å². The first-order valence-electron chi connectivity index (χ1n) is 41.2. The lowest BCUT2D eigenvalue weighted by Crippen LogP contribution is -2.54. The number of rotatable bonds is 34. The van der Waals surface area contributed by atoms with Crippen LogP contribution < -0.4 is 0 Å². The van der Waals surface area contributed by atoms with E-state index in [2.05, 4.69) is 141 Å². The van der Waals surface area contributed by atoms with Crippen LogP contribution in [0.3, 0.4) is 0 Å². The SMILES string of the molecule is BrCc1ccccc1.CO.COC(=O)CS.COC(=O)CS.COC(=O)CSCC1CC(=O)N1O.COC(=O)CSCC1CC(=O)N1OC(=O)OCc1ccccc1.COC(=O)CSCC1CC(=O)N1OCc1ccccc1.O=C(OCc1ccccc1)ON1C(=O)CC1CBr.O=C(OCc1ccccc1)ON1C(=O)CC1CBr.O=C1CC(CBr)N1O.O=C1CC(CBr)N1OCc1ccccc1. The predicted octanol–water partition coefficient (Wildman–Crippen LogP) is 12.6. The van der Waals surface area contributed by atoms with Crippen LogP contribution in [0, 0.1) is 0 Å². The summed E-state index contributed by atoms with van der Waals surface area (Å²) in [7, 11) is 7.67. The average Bonchev–Trinajstić information content (AvgIpc) is 0.832. The number of thiol groups is 2. The number of halogens is 5. The molecule has 7 aliphatic rings. The number of thioether (sulfide) groups is 3. The van der Waals surface area contributed by atoms with Gasteiger partial charge in [-0.15, -0.1) is 35.3 Å². The molecule has 0 bridgehead atoms. The second kappa shape index (κ2) is 72.1. The number of esters is 5. The zero-order valence-corrected chi connectivity index (χ0v) is 87.6. The Morgan fingerprint density at radius 3 is 0.745 bits per heavy atom. The van der Waals surface area contributed by atoms with E-state index in [-0.39, 0.29) is 163 Å². The summed E-state index contributed by atoms with van der Waals surface area (Å²) in [6.07, 6.45) is 0.296. The van der Waals surface area contributed by atoms with Gasteiger partial charge in [-0.1, -0.05) is 262 Å². The standard InChI is InChI=1S/C15H17NO6S.C14H17NO4S.2C12H12BrNO4.C11H12BrNO2.C7H7Br.C7H11NO4S.C4H6BrNO2.2C3H6O2S.CH4O/c1-20-14(18)10-23-9-12-7-13(17)16(12)22-15(19)21-8-11-5-3-2-4-6-11;1-18-14(17)10-20-9-12-7-13(16)15(12)19-8-11-5-3-2-4-6-11;2*13-7-10-6-11(15)14(10)18-12(16)17-8-9-4-2-1-3-5-9;12-7-10-6-11(14)13(10)15-8-9-4-2-1-3-5-9;8-6-7-4-2-1-3-5-7;1-12-7(10)4-13-3-5-2-6(9)8(5)11;5-2-3-1-4(7)6(3)8;2*1-5-3(4)2-6;1-2/h2-6,12H,7-10H2,1H3;2-6,12H,7-10H2,1H3;2*1-5,10H,6-8H2;1-5,10H,6-8H2;1-5H,6H2;5,11H,2-4H2,1H3;3,8H,1-2H2;2*6H,2H2,1H3;2H,1H3. The second-order valence-corrected chi connectivity index (χ2v) is 34.8. The van der Waals surface area contributed by atoms with Crippen LogP contribution >= 0.6 is 140 Å². The fourth-order valence-corrected chi connectivity index (χ4v) is 15.9. The molecule has 137 heavy (non-hydrogen) atoms. The van der Waals surface area contributed by atoms with Crippen molar-refractivity contribution in [1.29, 1.82) is 0 Å². The Balaban J connectivity index is 0.000000401. The number of amides is 7. The first kappa shape index (κ1) is 122. The number of carbonyl (C=O) groups is 15. The van der Waals surface area contributed by atoms with E-state index < -0.39 is 18.5 Å². The largest absolute Gasteiger partial charge is 0.533 e. The summed E-state index contributed by atoms with van der Waals surface area (Å²) >= 11 is 27.7. The number of nitrogens with zero attached hydrogens (tertiary/aromatic N) is 7. The lowest BCUT2D eigenvalue weighted by Gasteiger charge is -2.38. The van der Waals surface area contributed by atoms with Gasteiger partial charge in [-0.05, 0) is 33.4 Å². The number of methoxy groups -OCH3 is 5. The number of hydroxylamine groups is 14. The highest BCUT2D eigenvalue weighted by Crippen LogP contribution is 2.29. The average molecular weight is 2330 g/mol. The maximum Gasteiger partial charge on any atom is 0.533 e. The molecule has 38 nitrogen and oxygen atoms in total. The third-order valence-corrected chi connectivity index (χ3v) is 25.5. The van der Waals surface area contributed by atoms with E-state index in [1.54, 1.807) is 0 Å². The molecule has 0 saturated carbocycles. The lowest BCUT2D eigenvalue weighted by molar-refractivity contribution is -0.229. The summed E-state index contributed by atoms with van der Waals surface area (Å²) in [5, 5.41) is 35.5. The highest BCUT2D eigenvalue weighted by Gasteiger charge is 2.43. The summed E-state index contributed by atoms with van der Waals surface area (Å²) in [5.41, 5.74) is 5.97. The number of aliphatic hydroxyl groups is 1. The number of carbonyl (C=O) groups excluding carboxylic acids is 15. The van der Waals surface area contributed by atoms with Gasteiger partial charge in [0.05, 0.1) is 152 Å². The van der Waals surface area contributed by atoms with Crippen molar-refractivity contribution < 1.29 is 150 Å². The van der Waals surface area contributed by atoms with Crippen LogP contribution in [0.25, 0.3) is 0 Å². The van der Waals surface area contributed by atoms with Crippen molar-refractivity contribution >= 4 is 230 Å². The Morgan fingerprint density at radius 2 is 0.526 bits per heavy atom. The predicted molar refractivity (Wildman–Crippen MR) is 528 cm³/mol. The number of hydrogen-bond donors (Lipinski definition) is 5. The van der Waals surface area contributed by atoms with Gasteiger partial charge in [-0.25, -0.2) is 34.6 Å². The van der Waals surface area contributed by atoms with E-state index in [0.29, 0.717) is 95.8 Å². The van der Waals surface area contributed by atoms with Crippen LogP contribution in [0.1, 0.15) is 78.3 Å². The zero-order valence-electron chi connectivity index (χ0n) is 75.5. The van der Waals surface area contributed by atoms with E-state index in [1.165, 1.54) is 86.5 Å². The third kappa shape index (κ3) is 48.4. The van der Waals surface area contributed by atoms with Crippen molar-refractivity contribution in [2.45, 2.75) is 126 Å². The van der Waals surface area contributed by atoms with E-state index in [9.17, 15) is 71.9 Å². The molecule has 7 heterocycles. The van der Waals surface area contributed by atoms with Crippen LogP contribution in [0.15, 0.2) is 182 Å². The number of ether oxygens (including phenoxy) is 8. The monoisotopic (exact) mass is 2330 g/mol. The van der Waals surface area contributed by atoms with Crippen molar-refractivity contribution in [2.24, 2.45) is 0 Å². The van der Waals surface area contributed by atoms with E-state index in [1.807, 2.05) is 170 Å². The van der Waals surface area contributed by atoms with Crippen molar-refractivity contribution in [3.63, 3.8) is 0 Å². The van der Waals surface area contributed by atoms with E-state index >= 15 is 0 Å². The summed E-state index contributed by atoms with van der Waals surface area (Å²) < 4.78 is 36.7. The Morgan fingerprint density at radius 1 is 0.307 bits per heavy atom. The van der Waals surface area contributed by atoms with Gasteiger partial charge in [0.1, 0.15) is 33.0 Å². The van der Waals surface area contributed by atoms with Crippen LogP contribution in [0.4, 0.5) is 14.4 Å². The summed E-state index contributed by atoms with van der Waals surface area (Å²) in [4.78, 5) is 190. The number of aliphatic hydroxyl groups excluding tert-OH is 1. The minimum Gasteiger partial charge on any atom is -0.468 e. The van der Waals surface area contributed by atoms with Gasteiger partial charge in [0, 0.05) is 51.0 Å². The van der Waals surface area contributed by atoms with E-state index in [0.717, 1.165) is 65.8 Å². The molecule has 7 unspecified atom stereocenters. The molecule has 48 heteroatoms. The Labute approximate surface area is 858 Å². The molecule has 0 spiro atoms. The fourth-order valence-electron chi connectivity index (χ4n) is 10.5. The molecular formula is C89H110Br5N7O31S5. The molecule has 752 valence electrons. The van der Waals surface area contributed by atoms with Crippen LogP contribution in [0.5, 0.6) is 0 Å². The molecule has 7 amide bonds. The smallest absolute Gasteiger partial charge is 0.468 e. The first-order valence-corrected chi connectivity index (χ1v) is 51.5. The molecule has 0 aromatic heterocycles. The highest BCUT2D eigenvalue weighted by molar-refractivity contribution is 9.09. The number of alkyl halides is 5. The second-order valence-electron chi connectivity index (χ2n) is 27.9. The summed E-state index contributed by atoms with van der Waals surface area (Å²) in [6.45, 7) is 1.16. The van der Waals surface area contributed by atoms with Crippen LogP contribution in [0.2, 0.25) is 0 Å². The normalized spacial score (nSPS) is 17.2. The molecule has 13 rings (SSSR count). The molecule has 6 aromatic carbocycles. The molecule has 7 aliphatic heterocycles. The Kier molecular flexibility index (Phi) is 64.1. The molecule has 7 saturated heterocycles. The minimum atomic E-state index is -0.926. The highest BCUT2D eigenvalue weighted by atomic mass is 79.9. The van der Waals surface area contributed by atoms with Gasteiger partial charge < -0.3 is 57.5 Å². The van der Waals surface area contributed by atoms with Gasteiger partial charge in [0.2, 0.25) is 23.6 Å². The Hall–Kier alpha value is -9.28. The number of hydrogen-bond acceptors (Lipinski definition) is 36. The van der Waals surface area contributed by atoms with Gasteiger partial charge in [0.15, 0.2) is 0 Å². The summed E-state index contributed by atoms with van der Waals surface area (Å²) in [6, 6.07) is 57.1. The minimum absolute atomic E-state index is 0.00963. The topological polar surface area (TPSA) is 459 Å². The van der Waals surface area contributed by atoms with Crippen molar-refractivity contribution in [3.05, 3.63) is 215 Å². The molecule has 7 atom stereocenters. The maximum absolute atomic E-state index is 11.6. The maximum atomic E-state index is 11.6. The first-order chi connectivity index (χ1) is 66.0. The van der Waals surface area contributed by atoms with Crippen LogP contribution in [-0.4, -0.2) is 293 Å². The molecule has 6 aromatic rings. The number of benzene rings is 6. The Bertz CT molecular complexity index is 4510. The molecule has 7 fully saturated rings. The summed E-state index contributed by atoms with van der Waals surface area (Å²) in [5.74, 6) is 0.225. The van der Waals surface area contributed by atoms with Crippen molar-refractivity contribution in [3.8, 4) is 0 Å². The zero-order chi connectivity index (χ0) is 101. The van der Waals surface area contributed by atoms with Crippen molar-refractivity contribution in [1.82, 2.24) is 35.4 Å². The van der Waals surface area contributed by atoms with Gasteiger partial charge in [-0.2, -0.15) is 40.4 Å². The fraction of sp³-hybridized carbons (Fsp3) is 0.427. The van der Waals surface area contributed by atoms with Gasteiger partial charge in [0.25, 0.3) is 17.7 Å². The van der Waals surface area contributed by atoms with Gasteiger partial charge in [-0.3, -0.25) is 77.6 Å². The van der Waals surface area contributed by atoms with E-state index in [4.69, 9.17) is 53.9 Å². The lowest BCUT2D eigenvalue weighted by atomic mass is 10.1. The third-order valence-electron chi connectivity index (χ3n) is 18.2. The quantitative estimate of drug-likeness (QED) is 0.00625. The molecular weight excluding hydrogens is 2220 g/mol. The molecule has 0 radical (unpaired) electrons. The van der Waals surface area contributed by atoms with Crippen LogP contribution in [-0.2, 0) is 158 Å².